The second kappa shape index (κ2) is 12.0. The quantitative estimate of drug-likeness (QED) is 0.190. The van der Waals surface area contributed by atoms with E-state index in [1.54, 1.807) is 36.6 Å². The molecule has 2 aromatic carbocycles. The van der Waals surface area contributed by atoms with E-state index < -0.39 is 11.9 Å². The molecule has 5 aromatic rings. The molecule has 0 saturated carbocycles. The standard InChI is InChI=1S/C29H24ClN3O5S2/c1-3-37-20-11-7-18(8-12-20)21-14-39-26-24(21)28(35)33(16-31-26)13-23(34)32-27-25(29(36)38-4-2)22(15-40-27)17-5-9-19(30)10-6-17/h5-12,14-16H,3-4,13H2,1-2H3,(H,32,34). The number of nitrogens with one attached hydrogen (secondary N) is 1. The Morgan fingerprint density at radius 3 is 2.33 bits per heavy atom. The van der Waals surface area contributed by atoms with Gasteiger partial charge in [0.15, 0.2) is 0 Å². The summed E-state index contributed by atoms with van der Waals surface area (Å²) in [5.74, 6) is -0.286. The molecule has 1 N–H and O–H groups in total. The van der Waals surface area contributed by atoms with Crippen LogP contribution in [0.1, 0.15) is 24.2 Å². The van der Waals surface area contributed by atoms with Gasteiger partial charge >= 0.3 is 5.97 Å². The number of carbonyl (C=O) groups excluding carboxylic acids is 2. The van der Waals surface area contributed by atoms with Gasteiger partial charge in [-0.1, -0.05) is 35.9 Å². The normalized spacial score (nSPS) is 11.0. The monoisotopic (exact) mass is 593 g/mol. The van der Waals surface area contributed by atoms with E-state index in [2.05, 4.69) is 10.3 Å². The minimum Gasteiger partial charge on any atom is -0.494 e. The molecule has 0 unspecified atom stereocenters. The Hall–Kier alpha value is -3.99. The zero-order valence-electron chi connectivity index (χ0n) is 21.6. The lowest BCUT2D eigenvalue weighted by atomic mass is 10.0. The van der Waals surface area contributed by atoms with Crippen LogP contribution in [0.25, 0.3) is 32.5 Å². The van der Waals surface area contributed by atoms with Crippen molar-refractivity contribution in [2.75, 3.05) is 18.5 Å². The number of esters is 1. The molecule has 5 rings (SSSR count). The maximum absolute atomic E-state index is 13.5. The Bertz CT molecular complexity index is 1740. The van der Waals surface area contributed by atoms with Gasteiger partial charge in [-0.2, -0.15) is 0 Å². The van der Waals surface area contributed by atoms with Crippen LogP contribution in [0.15, 0.2) is 70.4 Å². The van der Waals surface area contributed by atoms with E-state index in [0.717, 1.165) is 22.4 Å². The molecule has 0 aliphatic carbocycles. The molecule has 8 nitrogen and oxygen atoms in total. The molecule has 11 heteroatoms. The van der Waals surface area contributed by atoms with Gasteiger partial charge in [0.1, 0.15) is 27.7 Å². The van der Waals surface area contributed by atoms with Crippen LogP contribution in [-0.4, -0.2) is 34.6 Å². The van der Waals surface area contributed by atoms with Crippen LogP contribution in [0.4, 0.5) is 5.00 Å². The Kier molecular flexibility index (Phi) is 8.29. The maximum Gasteiger partial charge on any atom is 0.341 e. The highest BCUT2D eigenvalue weighted by Crippen LogP contribution is 2.37. The van der Waals surface area contributed by atoms with Crippen molar-refractivity contribution in [1.29, 1.82) is 0 Å². The van der Waals surface area contributed by atoms with Crippen LogP contribution in [0, 0.1) is 0 Å². The average Bonchev–Trinajstić information content (AvgIpc) is 3.56. The number of aromatic nitrogens is 2. The Morgan fingerprint density at radius 2 is 1.62 bits per heavy atom. The lowest BCUT2D eigenvalue weighted by Gasteiger charge is -2.10. The third-order valence-electron chi connectivity index (χ3n) is 6.03. The van der Waals surface area contributed by atoms with E-state index in [9.17, 15) is 14.4 Å². The summed E-state index contributed by atoms with van der Waals surface area (Å²) < 4.78 is 12.0. The van der Waals surface area contributed by atoms with Crippen molar-refractivity contribution in [3.8, 4) is 28.0 Å². The molecule has 3 aromatic heterocycles. The van der Waals surface area contributed by atoms with Crippen molar-refractivity contribution >= 4 is 61.4 Å². The van der Waals surface area contributed by atoms with Crippen molar-refractivity contribution in [3.05, 3.63) is 86.6 Å². The van der Waals surface area contributed by atoms with Gasteiger partial charge in [0.25, 0.3) is 5.56 Å². The highest BCUT2D eigenvalue weighted by atomic mass is 35.5. The van der Waals surface area contributed by atoms with E-state index in [4.69, 9.17) is 21.1 Å². The fourth-order valence-electron chi connectivity index (χ4n) is 4.21. The largest absolute Gasteiger partial charge is 0.494 e. The molecule has 40 heavy (non-hydrogen) atoms. The number of benzene rings is 2. The number of rotatable bonds is 9. The summed E-state index contributed by atoms with van der Waals surface area (Å²) in [6.07, 6.45) is 1.36. The number of thiophene rings is 2. The Balaban J connectivity index is 1.42. The average molecular weight is 594 g/mol. The predicted molar refractivity (Wildman–Crippen MR) is 160 cm³/mol. The van der Waals surface area contributed by atoms with Crippen molar-refractivity contribution < 1.29 is 19.1 Å². The van der Waals surface area contributed by atoms with E-state index in [1.807, 2.05) is 36.6 Å². The molecular formula is C29H24ClN3O5S2. The first-order valence-corrected chi connectivity index (χ1v) is 14.6. The van der Waals surface area contributed by atoms with Crippen molar-refractivity contribution in [2.24, 2.45) is 0 Å². The van der Waals surface area contributed by atoms with Crippen molar-refractivity contribution in [2.45, 2.75) is 20.4 Å². The van der Waals surface area contributed by atoms with Crippen LogP contribution in [-0.2, 0) is 16.1 Å². The van der Waals surface area contributed by atoms with Crippen LogP contribution < -0.4 is 15.6 Å². The molecule has 3 heterocycles. The third kappa shape index (κ3) is 5.65. The maximum atomic E-state index is 13.5. The fraction of sp³-hybridized carbons (Fsp3) is 0.172. The number of carbonyl (C=O) groups is 2. The molecule has 204 valence electrons. The zero-order valence-corrected chi connectivity index (χ0v) is 24.0. The van der Waals surface area contributed by atoms with Gasteiger partial charge in [0.2, 0.25) is 5.91 Å². The molecule has 0 aliphatic heterocycles. The van der Waals surface area contributed by atoms with Crippen molar-refractivity contribution in [1.82, 2.24) is 9.55 Å². The molecule has 0 radical (unpaired) electrons. The summed E-state index contributed by atoms with van der Waals surface area (Å²) in [6.45, 7) is 4.09. The summed E-state index contributed by atoms with van der Waals surface area (Å²) in [7, 11) is 0. The number of hydrogen-bond acceptors (Lipinski definition) is 8. The number of nitrogens with zero attached hydrogens (tertiary/aromatic N) is 2. The van der Waals surface area contributed by atoms with E-state index in [0.29, 0.717) is 32.4 Å². The molecule has 0 bridgehead atoms. The number of amides is 1. The topological polar surface area (TPSA) is 99.5 Å². The van der Waals surface area contributed by atoms with Gasteiger partial charge in [-0.25, -0.2) is 9.78 Å². The molecule has 0 saturated heterocycles. The second-order valence-electron chi connectivity index (χ2n) is 8.59. The third-order valence-corrected chi connectivity index (χ3v) is 8.06. The first kappa shape index (κ1) is 27.6. The predicted octanol–water partition coefficient (Wildman–Crippen LogP) is 6.72. The zero-order chi connectivity index (χ0) is 28.2. The van der Waals surface area contributed by atoms with Crippen LogP contribution in [0.2, 0.25) is 5.02 Å². The van der Waals surface area contributed by atoms with Crippen LogP contribution in [0.5, 0.6) is 5.75 Å². The van der Waals surface area contributed by atoms with Gasteiger partial charge in [0, 0.05) is 26.9 Å². The molecule has 0 atom stereocenters. The van der Waals surface area contributed by atoms with Gasteiger partial charge < -0.3 is 14.8 Å². The lowest BCUT2D eigenvalue weighted by molar-refractivity contribution is -0.116. The number of halogens is 1. The Morgan fingerprint density at radius 1 is 0.950 bits per heavy atom. The highest BCUT2D eigenvalue weighted by Gasteiger charge is 2.23. The van der Waals surface area contributed by atoms with Gasteiger partial charge in [-0.3, -0.25) is 14.2 Å². The first-order valence-electron chi connectivity index (χ1n) is 12.4. The summed E-state index contributed by atoms with van der Waals surface area (Å²) in [5, 5.41) is 7.79. The summed E-state index contributed by atoms with van der Waals surface area (Å²) in [4.78, 5) is 44.4. The second-order valence-corrected chi connectivity index (χ2v) is 10.8. The van der Waals surface area contributed by atoms with Crippen LogP contribution in [0.3, 0.4) is 0 Å². The smallest absolute Gasteiger partial charge is 0.341 e. The number of ether oxygens (including phenoxy) is 2. The van der Waals surface area contributed by atoms with E-state index in [1.165, 1.54) is 33.6 Å². The summed E-state index contributed by atoms with van der Waals surface area (Å²) in [5.41, 5.74) is 2.89. The van der Waals surface area contributed by atoms with E-state index >= 15 is 0 Å². The van der Waals surface area contributed by atoms with Gasteiger partial charge in [0.05, 0.1) is 24.9 Å². The van der Waals surface area contributed by atoms with Gasteiger partial charge in [-0.05, 0) is 49.2 Å². The molecule has 0 spiro atoms. The molecule has 0 aliphatic rings. The lowest BCUT2D eigenvalue weighted by Crippen LogP contribution is -2.28. The molecule has 0 fully saturated rings. The molecule has 1 amide bonds. The molecular weight excluding hydrogens is 570 g/mol. The summed E-state index contributed by atoms with van der Waals surface area (Å²) in [6, 6.07) is 14.5. The van der Waals surface area contributed by atoms with E-state index in [-0.39, 0.29) is 24.3 Å². The number of hydrogen-bond donors (Lipinski definition) is 1. The summed E-state index contributed by atoms with van der Waals surface area (Å²) >= 11 is 8.59. The number of anilines is 1. The minimum atomic E-state index is -0.553. The Labute approximate surface area is 242 Å². The fourth-order valence-corrected chi connectivity index (χ4v) is 6.21. The van der Waals surface area contributed by atoms with Crippen molar-refractivity contribution in [3.63, 3.8) is 0 Å². The van der Waals surface area contributed by atoms with Crippen LogP contribution >= 0.6 is 34.3 Å². The number of fused-ring (bicyclic) bond motifs is 1. The highest BCUT2D eigenvalue weighted by molar-refractivity contribution is 7.17. The SMILES string of the molecule is CCOC(=O)c1c(-c2ccc(Cl)cc2)csc1NC(=O)Cn1cnc2scc(-c3ccc(OCC)cc3)c2c1=O. The first-order chi connectivity index (χ1) is 19.4. The minimum absolute atomic E-state index is 0.181. The van der Waals surface area contributed by atoms with Gasteiger partial charge in [-0.15, -0.1) is 22.7 Å².